The van der Waals surface area contributed by atoms with E-state index in [-0.39, 0.29) is 54.1 Å². The number of carboxylic acid groups (broad SMARTS) is 1. The first-order valence-electron chi connectivity index (χ1n) is 18.6. The summed E-state index contributed by atoms with van der Waals surface area (Å²) in [5.74, 6) is -5.79. The Bertz CT molecular complexity index is 2400. The second-order valence-corrected chi connectivity index (χ2v) is 17.4. The van der Waals surface area contributed by atoms with Crippen molar-refractivity contribution in [3.05, 3.63) is 69.2 Å². The lowest BCUT2D eigenvalue weighted by Crippen LogP contribution is -2.49. The predicted octanol–water partition coefficient (Wildman–Crippen LogP) is 7.51. The van der Waals surface area contributed by atoms with Gasteiger partial charge in [0.2, 0.25) is 23.6 Å². The van der Waals surface area contributed by atoms with Crippen molar-refractivity contribution >= 4 is 80.0 Å². The van der Waals surface area contributed by atoms with Crippen LogP contribution in [0.2, 0.25) is 10.0 Å². The summed E-state index contributed by atoms with van der Waals surface area (Å²) in [4.78, 5) is 72.4. The number of carbonyl (C=O) groups excluding carboxylic acids is 4. The van der Waals surface area contributed by atoms with Crippen LogP contribution in [-0.4, -0.2) is 68.1 Å². The SMILES string of the molecule is COc1cc(C2C3=CCC4C(=O)N(CCCCCC(=O)O)C(=O)C4C3CC3C(=O)N(c4cc(-c5sc6ccc(Cl)cc6c5C)nn4C)C(=O)C32C)cc(Cl)c1O. The van der Waals surface area contributed by atoms with Crippen molar-refractivity contribution < 1.29 is 38.9 Å². The van der Waals surface area contributed by atoms with Crippen molar-refractivity contribution in [2.45, 2.75) is 58.3 Å². The molecule has 2 saturated heterocycles. The van der Waals surface area contributed by atoms with Crippen LogP contribution in [0.1, 0.15) is 62.5 Å². The summed E-state index contributed by atoms with van der Waals surface area (Å²) >= 11 is 14.4. The highest BCUT2D eigenvalue weighted by molar-refractivity contribution is 7.22. The Kier molecular flexibility index (Phi) is 9.56. The standard InChI is InChI=1S/C41H40Cl2N4O8S/c1-19-24-16-21(42)9-12-30(24)56-36(19)28-18-31(45(3)44-28)47-38(52)26-17-25-22(34(41(26,2)40(47)54)20-14-27(43)35(50)29(15-20)55-4)10-11-23-33(25)39(53)46(37(23)51)13-7-5-6-8-32(48)49/h9-10,12,14-16,18,23,25-26,33-34,50H,5-8,11,13,17H2,1-4H3,(H,48,49). The maximum atomic E-state index is 15.1. The average Bonchev–Trinajstić information content (AvgIpc) is 3.83. The van der Waals surface area contributed by atoms with Crippen molar-refractivity contribution in [3.8, 4) is 22.1 Å². The molecule has 0 bridgehead atoms. The minimum atomic E-state index is -1.36. The van der Waals surface area contributed by atoms with Gasteiger partial charge in [0.25, 0.3) is 0 Å². The molecule has 8 rings (SSSR count). The number of rotatable bonds is 10. The van der Waals surface area contributed by atoms with Crippen molar-refractivity contribution in [1.29, 1.82) is 0 Å². The third-order valence-corrected chi connectivity index (χ3v) is 14.3. The lowest BCUT2D eigenvalue weighted by molar-refractivity contribution is -0.141. The molecule has 2 N–H and O–H groups in total. The van der Waals surface area contributed by atoms with Crippen molar-refractivity contribution in [2.75, 3.05) is 18.6 Å². The number of amides is 4. The smallest absolute Gasteiger partial charge is 0.303 e. The number of aliphatic carboxylic acids is 1. The number of ether oxygens (including phenoxy) is 1. The fourth-order valence-corrected chi connectivity index (χ4v) is 11.3. The molecule has 2 aromatic heterocycles. The maximum Gasteiger partial charge on any atom is 0.303 e. The number of likely N-dealkylation sites (tertiary alicyclic amines) is 1. The molecule has 3 fully saturated rings. The number of nitrogens with zero attached hydrogens (tertiary/aromatic N) is 4. The van der Waals surface area contributed by atoms with Crippen LogP contribution in [0.4, 0.5) is 5.82 Å². The van der Waals surface area contributed by atoms with Gasteiger partial charge in [-0.1, -0.05) is 41.3 Å². The van der Waals surface area contributed by atoms with Gasteiger partial charge in [-0.2, -0.15) is 5.10 Å². The molecule has 292 valence electrons. The minimum Gasteiger partial charge on any atom is -0.503 e. The molecule has 0 radical (unpaired) electrons. The van der Waals surface area contributed by atoms with Crippen LogP contribution in [0, 0.1) is 36.0 Å². The molecule has 2 aromatic carbocycles. The number of halogens is 2. The monoisotopic (exact) mass is 818 g/mol. The van der Waals surface area contributed by atoms with E-state index in [0.29, 0.717) is 41.4 Å². The Labute approximate surface area is 336 Å². The van der Waals surface area contributed by atoms with Crippen molar-refractivity contribution in [3.63, 3.8) is 0 Å². The number of methoxy groups -OCH3 is 1. The van der Waals surface area contributed by atoms with Gasteiger partial charge in [0.15, 0.2) is 11.5 Å². The van der Waals surface area contributed by atoms with Gasteiger partial charge in [-0.15, -0.1) is 11.3 Å². The van der Waals surface area contributed by atoms with Crippen LogP contribution in [0.3, 0.4) is 0 Å². The number of aryl methyl sites for hydroxylation is 2. The number of phenolic OH excluding ortho intramolecular Hbond substituents is 1. The largest absolute Gasteiger partial charge is 0.503 e. The highest BCUT2D eigenvalue weighted by Gasteiger charge is 2.68. The summed E-state index contributed by atoms with van der Waals surface area (Å²) < 4.78 is 8.05. The van der Waals surface area contributed by atoms with Gasteiger partial charge in [0.05, 0.1) is 40.2 Å². The fraction of sp³-hybridized carbons (Fsp3) is 0.415. The number of carbonyl (C=O) groups is 5. The van der Waals surface area contributed by atoms with Gasteiger partial charge in [0.1, 0.15) is 11.5 Å². The van der Waals surface area contributed by atoms with Gasteiger partial charge < -0.3 is 14.9 Å². The summed E-state index contributed by atoms with van der Waals surface area (Å²) in [6.45, 7) is 3.95. The molecule has 4 aliphatic rings. The third kappa shape index (κ3) is 5.75. The number of phenols is 1. The van der Waals surface area contributed by atoms with E-state index in [1.54, 1.807) is 43.5 Å². The molecule has 2 aliphatic carbocycles. The van der Waals surface area contributed by atoms with Crippen LogP contribution < -0.4 is 9.64 Å². The Morgan fingerprint density at radius 2 is 1.80 bits per heavy atom. The predicted molar refractivity (Wildman–Crippen MR) is 211 cm³/mol. The number of fused-ring (bicyclic) bond motifs is 5. The first kappa shape index (κ1) is 38.2. The van der Waals surface area contributed by atoms with Gasteiger partial charge in [-0.25, -0.2) is 4.90 Å². The van der Waals surface area contributed by atoms with Crippen molar-refractivity contribution in [1.82, 2.24) is 14.7 Å². The molecule has 1 saturated carbocycles. The number of anilines is 1. The molecule has 6 unspecified atom stereocenters. The molecule has 15 heteroatoms. The van der Waals surface area contributed by atoms with Crippen LogP contribution in [0.5, 0.6) is 11.5 Å². The summed E-state index contributed by atoms with van der Waals surface area (Å²) in [6, 6.07) is 10.6. The van der Waals surface area contributed by atoms with E-state index in [2.05, 4.69) is 0 Å². The summed E-state index contributed by atoms with van der Waals surface area (Å²) in [5.41, 5.74) is 1.52. The summed E-state index contributed by atoms with van der Waals surface area (Å²) in [7, 11) is 3.09. The first-order valence-corrected chi connectivity index (χ1v) is 20.2. The van der Waals surface area contributed by atoms with Crippen LogP contribution in [0.15, 0.2) is 48.0 Å². The van der Waals surface area contributed by atoms with Crippen LogP contribution >= 0.6 is 34.5 Å². The van der Waals surface area contributed by atoms with E-state index in [1.807, 2.05) is 31.2 Å². The number of hydrogen-bond donors (Lipinski definition) is 2. The van der Waals surface area contributed by atoms with E-state index < -0.39 is 52.8 Å². The van der Waals surface area contributed by atoms with Gasteiger partial charge in [-0.3, -0.25) is 33.6 Å². The molecule has 4 heterocycles. The Hall–Kier alpha value is -4.72. The summed E-state index contributed by atoms with van der Waals surface area (Å²) in [6.07, 6.45) is 3.87. The topological polar surface area (TPSA) is 159 Å². The van der Waals surface area contributed by atoms with Crippen LogP contribution in [0.25, 0.3) is 20.7 Å². The third-order valence-electron chi connectivity index (χ3n) is 12.5. The molecule has 4 aromatic rings. The quantitative estimate of drug-likeness (QED) is 0.0939. The van der Waals surface area contributed by atoms with E-state index in [1.165, 1.54) is 21.6 Å². The minimum absolute atomic E-state index is 0.00185. The van der Waals surface area contributed by atoms with Gasteiger partial charge >= 0.3 is 5.97 Å². The van der Waals surface area contributed by atoms with Gasteiger partial charge in [0, 0.05) is 41.7 Å². The molecule has 12 nitrogen and oxygen atoms in total. The highest BCUT2D eigenvalue weighted by atomic mass is 35.5. The van der Waals surface area contributed by atoms with E-state index in [0.717, 1.165) is 26.1 Å². The average molecular weight is 820 g/mol. The number of unbranched alkanes of at least 4 members (excludes halogenated alkanes) is 2. The maximum absolute atomic E-state index is 15.1. The van der Waals surface area contributed by atoms with Gasteiger partial charge in [-0.05, 0) is 92.3 Å². The second kappa shape index (κ2) is 14.0. The zero-order valence-electron chi connectivity index (χ0n) is 31.2. The summed E-state index contributed by atoms with van der Waals surface area (Å²) in [5, 5.41) is 26.1. The molecule has 4 amide bonds. The fourth-order valence-electron chi connectivity index (χ4n) is 9.75. The number of aromatic nitrogens is 2. The molecular formula is C41H40Cl2N4O8S. The Morgan fingerprint density at radius 1 is 1.04 bits per heavy atom. The van der Waals surface area contributed by atoms with E-state index >= 15 is 4.79 Å². The molecule has 2 aliphatic heterocycles. The van der Waals surface area contributed by atoms with E-state index in [9.17, 15) is 24.3 Å². The number of benzene rings is 2. The van der Waals surface area contributed by atoms with E-state index in [4.69, 9.17) is 38.1 Å². The highest BCUT2D eigenvalue weighted by Crippen LogP contribution is 2.64. The molecule has 56 heavy (non-hydrogen) atoms. The Balaban J connectivity index is 1.19. The Morgan fingerprint density at radius 3 is 2.54 bits per heavy atom. The number of allylic oxidation sites excluding steroid dienone is 2. The number of thiophene rings is 1. The van der Waals surface area contributed by atoms with Crippen molar-refractivity contribution in [2.24, 2.45) is 36.1 Å². The first-order chi connectivity index (χ1) is 26.7. The zero-order valence-corrected chi connectivity index (χ0v) is 33.5. The number of imide groups is 2. The lowest BCUT2D eigenvalue weighted by atomic mass is 9.51. The number of hydrogen-bond acceptors (Lipinski definition) is 9. The van der Waals surface area contributed by atoms with Crippen LogP contribution in [-0.2, 0) is 31.0 Å². The zero-order chi connectivity index (χ0) is 40.0. The lowest BCUT2D eigenvalue weighted by Gasteiger charge is -2.49. The second-order valence-electron chi connectivity index (χ2n) is 15.5. The normalized spacial score (nSPS) is 25.8. The molecule has 0 spiro atoms. The molecule has 6 atom stereocenters. The molecular weight excluding hydrogens is 779 g/mol. The number of carboxylic acids is 1. The number of aromatic hydroxyl groups is 1.